The SMILES string of the molecule is CCOc1ccccc1NC(=O)N[C@H]1CC(=O)N(c2ccc3c(c2)OCCO3)C1. The molecule has 0 spiro atoms. The summed E-state index contributed by atoms with van der Waals surface area (Å²) in [7, 11) is 0. The molecule has 1 atom stereocenters. The van der Waals surface area contributed by atoms with E-state index in [4.69, 9.17) is 14.2 Å². The van der Waals surface area contributed by atoms with E-state index in [1.807, 2.05) is 25.1 Å². The molecule has 0 radical (unpaired) electrons. The number of carbonyl (C=O) groups excluding carboxylic acids is 2. The van der Waals surface area contributed by atoms with Gasteiger partial charge >= 0.3 is 6.03 Å². The van der Waals surface area contributed by atoms with Crippen molar-refractivity contribution >= 4 is 23.3 Å². The number of urea groups is 1. The highest BCUT2D eigenvalue weighted by atomic mass is 16.6. The van der Waals surface area contributed by atoms with Crippen LogP contribution < -0.4 is 29.7 Å². The standard InChI is InChI=1S/C21H23N3O5/c1-2-27-17-6-4-3-5-16(17)23-21(26)22-14-11-20(25)24(13-14)15-7-8-18-19(12-15)29-10-9-28-18/h3-8,12,14H,2,9-11,13H2,1H3,(H2,22,23,26)/t14-/m0/s1. The van der Waals surface area contributed by atoms with E-state index in [1.165, 1.54) is 0 Å². The summed E-state index contributed by atoms with van der Waals surface area (Å²) in [6, 6.07) is 12.0. The van der Waals surface area contributed by atoms with Gasteiger partial charge in [0.25, 0.3) is 0 Å². The zero-order valence-corrected chi connectivity index (χ0v) is 16.1. The highest BCUT2D eigenvalue weighted by Crippen LogP contribution is 2.35. The highest BCUT2D eigenvalue weighted by Gasteiger charge is 2.32. The van der Waals surface area contributed by atoms with Crippen LogP contribution in [0, 0.1) is 0 Å². The number of carbonyl (C=O) groups is 2. The third-order valence-electron chi connectivity index (χ3n) is 4.73. The van der Waals surface area contributed by atoms with Gasteiger partial charge in [0.15, 0.2) is 11.5 Å². The molecule has 4 rings (SSSR count). The van der Waals surface area contributed by atoms with Gasteiger partial charge in [-0.25, -0.2) is 4.79 Å². The third kappa shape index (κ3) is 4.21. The van der Waals surface area contributed by atoms with Crippen LogP contribution in [-0.4, -0.2) is 44.3 Å². The number of nitrogens with one attached hydrogen (secondary N) is 2. The second-order valence-electron chi connectivity index (χ2n) is 6.76. The summed E-state index contributed by atoms with van der Waals surface area (Å²) in [6.45, 7) is 3.77. The predicted molar refractivity (Wildman–Crippen MR) is 108 cm³/mol. The summed E-state index contributed by atoms with van der Waals surface area (Å²) in [6.07, 6.45) is 0.231. The smallest absolute Gasteiger partial charge is 0.319 e. The van der Waals surface area contributed by atoms with E-state index in [-0.39, 0.29) is 24.4 Å². The molecule has 3 amide bonds. The highest BCUT2D eigenvalue weighted by molar-refractivity contribution is 5.98. The van der Waals surface area contributed by atoms with E-state index >= 15 is 0 Å². The summed E-state index contributed by atoms with van der Waals surface area (Å²) in [5, 5.41) is 5.66. The van der Waals surface area contributed by atoms with Gasteiger partial charge in [0.2, 0.25) is 5.91 Å². The van der Waals surface area contributed by atoms with E-state index in [0.717, 1.165) is 5.69 Å². The molecular weight excluding hydrogens is 374 g/mol. The first-order chi connectivity index (χ1) is 14.1. The molecule has 0 aliphatic carbocycles. The topological polar surface area (TPSA) is 89.1 Å². The molecule has 0 aromatic heterocycles. The van der Waals surface area contributed by atoms with Crippen LogP contribution >= 0.6 is 0 Å². The first-order valence-electron chi connectivity index (χ1n) is 9.63. The molecule has 1 fully saturated rings. The molecule has 2 aromatic rings. The second kappa shape index (κ2) is 8.30. The normalized spacial score (nSPS) is 17.8. The van der Waals surface area contributed by atoms with Crippen molar-refractivity contribution in [2.45, 2.75) is 19.4 Å². The van der Waals surface area contributed by atoms with Gasteiger partial charge in [0, 0.05) is 24.7 Å². The van der Waals surface area contributed by atoms with Crippen LogP contribution in [-0.2, 0) is 4.79 Å². The molecule has 2 N–H and O–H groups in total. The monoisotopic (exact) mass is 397 g/mol. The molecule has 2 heterocycles. The van der Waals surface area contributed by atoms with Crippen LogP contribution in [0.3, 0.4) is 0 Å². The van der Waals surface area contributed by atoms with Crippen LogP contribution in [0.25, 0.3) is 0 Å². The van der Waals surface area contributed by atoms with Crippen molar-refractivity contribution in [2.24, 2.45) is 0 Å². The zero-order chi connectivity index (χ0) is 20.2. The number of para-hydroxylation sites is 2. The van der Waals surface area contributed by atoms with E-state index in [2.05, 4.69) is 10.6 Å². The molecule has 2 aliphatic heterocycles. The fourth-order valence-corrected chi connectivity index (χ4v) is 3.45. The zero-order valence-electron chi connectivity index (χ0n) is 16.1. The average Bonchev–Trinajstić information content (AvgIpc) is 3.09. The lowest BCUT2D eigenvalue weighted by Crippen LogP contribution is -2.39. The van der Waals surface area contributed by atoms with Gasteiger partial charge in [0.1, 0.15) is 19.0 Å². The van der Waals surface area contributed by atoms with Crippen molar-refractivity contribution in [3.63, 3.8) is 0 Å². The number of hydrogen-bond acceptors (Lipinski definition) is 5. The van der Waals surface area contributed by atoms with Crippen LogP contribution in [0.5, 0.6) is 17.2 Å². The minimum Gasteiger partial charge on any atom is -0.492 e. The van der Waals surface area contributed by atoms with Crippen molar-refractivity contribution in [1.82, 2.24) is 5.32 Å². The van der Waals surface area contributed by atoms with Gasteiger partial charge in [-0.15, -0.1) is 0 Å². The molecule has 1 saturated heterocycles. The van der Waals surface area contributed by atoms with Gasteiger partial charge in [0.05, 0.1) is 18.3 Å². The largest absolute Gasteiger partial charge is 0.492 e. The Labute approximate surface area is 168 Å². The number of amides is 3. The first-order valence-corrected chi connectivity index (χ1v) is 9.63. The summed E-state index contributed by atoms with van der Waals surface area (Å²) in [5.74, 6) is 1.85. The Bertz CT molecular complexity index is 917. The molecule has 2 aromatic carbocycles. The lowest BCUT2D eigenvalue weighted by Gasteiger charge is -2.22. The minimum absolute atomic E-state index is 0.0540. The summed E-state index contributed by atoms with van der Waals surface area (Å²) < 4.78 is 16.6. The molecule has 152 valence electrons. The van der Waals surface area contributed by atoms with Crippen molar-refractivity contribution in [3.8, 4) is 17.2 Å². The maximum absolute atomic E-state index is 12.5. The Morgan fingerprint density at radius 1 is 1.17 bits per heavy atom. The Morgan fingerprint density at radius 3 is 2.79 bits per heavy atom. The minimum atomic E-state index is -0.376. The van der Waals surface area contributed by atoms with Crippen LogP contribution in [0.4, 0.5) is 16.2 Å². The van der Waals surface area contributed by atoms with E-state index < -0.39 is 0 Å². The Kier molecular flexibility index (Phi) is 5.41. The summed E-state index contributed by atoms with van der Waals surface area (Å²) in [4.78, 5) is 26.6. The first kappa shape index (κ1) is 18.9. The molecule has 2 aliphatic rings. The number of nitrogens with zero attached hydrogens (tertiary/aromatic N) is 1. The number of hydrogen-bond donors (Lipinski definition) is 2. The number of anilines is 2. The molecule has 0 saturated carbocycles. The number of rotatable bonds is 5. The van der Waals surface area contributed by atoms with Gasteiger partial charge < -0.3 is 29.7 Å². The van der Waals surface area contributed by atoms with Crippen molar-refractivity contribution < 1.29 is 23.8 Å². The lowest BCUT2D eigenvalue weighted by atomic mass is 10.2. The van der Waals surface area contributed by atoms with Gasteiger partial charge in [-0.3, -0.25) is 4.79 Å². The molecule has 8 nitrogen and oxygen atoms in total. The maximum atomic E-state index is 12.5. The van der Waals surface area contributed by atoms with Gasteiger partial charge in [-0.05, 0) is 31.2 Å². The maximum Gasteiger partial charge on any atom is 0.319 e. The lowest BCUT2D eigenvalue weighted by molar-refractivity contribution is -0.117. The Balaban J connectivity index is 1.39. The van der Waals surface area contributed by atoms with E-state index in [0.29, 0.717) is 49.3 Å². The Morgan fingerprint density at radius 2 is 1.97 bits per heavy atom. The van der Waals surface area contributed by atoms with Crippen LogP contribution in [0.2, 0.25) is 0 Å². The number of benzene rings is 2. The average molecular weight is 397 g/mol. The van der Waals surface area contributed by atoms with Crippen molar-refractivity contribution in [1.29, 1.82) is 0 Å². The predicted octanol–water partition coefficient (Wildman–Crippen LogP) is 2.78. The van der Waals surface area contributed by atoms with Gasteiger partial charge in [-0.1, -0.05) is 12.1 Å². The fourth-order valence-electron chi connectivity index (χ4n) is 3.45. The number of ether oxygens (including phenoxy) is 3. The fraction of sp³-hybridized carbons (Fsp3) is 0.333. The summed E-state index contributed by atoms with van der Waals surface area (Å²) >= 11 is 0. The van der Waals surface area contributed by atoms with Crippen LogP contribution in [0.1, 0.15) is 13.3 Å². The van der Waals surface area contributed by atoms with E-state index in [1.54, 1.807) is 29.2 Å². The van der Waals surface area contributed by atoms with Crippen molar-refractivity contribution in [3.05, 3.63) is 42.5 Å². The molecular formula is C21H23N3O5. The van der Waals surface area contributed by atoms with Gasteiger partial charge in [-0.2, -0.15) is 0 Å². The summed E-state index contributed by atoms with van der Waals surface area (Å²) in [5.41, 5.74) is 1.31. The van der Waals surface area contributed by atoms with E-state index in [9.17, 15) is 9.59 Å². The van der Waals surface area contributed by atoms with Crippen molar-refractivity contribution in [2.75, 3.05) is 36.6 Å². The third-order valence-corrected chi connectivity index (χ3v) is 4.73. The molecule has 0 unspecified atom stereocenters. The number of fused-ring (bicyclic) bond motifs is 1. The molecule has 8 heteroatoms. The molecule has 29 heavy (non-hydrogen) atoms. The quantitative estimate of drug-likeness (QED) is 0.810. The second-order valence-corrected chi connectivity index (χ2v) is 6.76. The molecule has 0 bridgehead atoms. The van der Waals surface area contributed by atoms with Crippen LogP contribution in [0.15, 0.2) is 42.5 Å². The Hall–Kier alpha value is -3.42.